The lowest BCUT2D eigenvalue weighted by molar-refractivity contribution is -0.142. The molecule has 4 aromatic rings. The van der Waals surface area contributed by atoms with Gasteiger partial charge in [-0.3, -0.25) is 9.48 Å². The van der Waals surface area contributed by atoms with Crippen LogP contribution in [0.15, 0.2) is 55.0 Å². The predicted octanol–water partition coefficient (Wildman–Crippen LogP) is 7.16. The Bertz CT molecular complexity index is 1510. The average molecular weight is 575 g/mol. The number of Topliss-reactive ketones (excluding diaryl/α,β-unsaturated/α-hetero) is 1. The van der Waals surface area contributed by atoms with Crippen molar-refractivity contribution in [3.05, 3.63) is 99.9 Å². The zero-order valence-electron chi connectivity index (χ0n) is 21.2. The van der Waals surface area contributed by atoms with Crippen LogP contribution < -0.4 is 0 Å². The van der Waals surface area contributed by atoms with Gasteiger partial charge in [0.2, 0.25) is 0 Å². The number of hydrogen-bond acceptors (Lipinski definition) is 4. The molecule has 0 N–H and O–H groups in total. The summed E-state index contributed by atoms with van der Waals surface area (Å²) in [6.45, 7) is -0.353. The number of ketones is 1. The summed E-state index contributed by atoms with van der Waals surface area (Å²) in [6, 6.07) is 10.0. The van der Waals surface area contributed by atoms with Gasteiger partial charge in [0.15, 0.2) is 11.5 Å². The summed E-state index contributed by atoms with van der Waals surface area (Å²) in [5.41, 5.74) is 1.74. The van der Waals surface area contributed by atoms with Crippen LogP contribution in [-0.2, 0) is 36.8 Å². The Kier molecular flexibility index (Phi) is 7.98. The summed E-state index contributed by atoms with van der Waals surface area (Å²) in [5.74, 6) is -2.56. The predicted molar refractivity (Wildman–Crippen MR) is 139 cm³/mol. The van der Waals surface area contributed by atoms with Gasteiger partial charge in [-0.25, -0.2) is 18.7 Å². The van der Waals surface area contributed by atoms with E-state index < -0.39 is 29.4 Å². The quantitative estimate of drug-likeness (QED) is 0.210. The van der Waals surface area contributed by atoms with Crippen LogP contribution in [0.5, 0.6) is 0 Å². The molecule has 1 aliphatic rings. The van der Waals surface area contributed by atoms with Gasteiger partial charge in [0.25, 0.3) is 0 Å². The Morgan fingerprint density at radius 2 is 1.73 bits per heavy atom. The topological polar surface area (TPSA) is 60.7 Å². The Balaban J connectivity index is 1.49. The molecule has 208 valence electrons. The second-order valence-corrected chi connectivity index (χ2v) is 10.3. The highest BCUT2D eigenvalue weighted by atomic mass is 35.5. The monoisotopic (exact) mass is 574 g/mol. The maximum atomic E-state index is 14.0. The van der Waals surface area contributed by atoms with Crippen LogP contribution in [0.1, 0.15) is 53.4 Å². The van der Waals surface area contributed by atoms with Crippen LogP contribution in [0.2, 0.25) is 5.02 Å². The minimum Gasteiger partial charge on any atom is -0.298 e. The van der Waals surface area contributed by atoms with E-state index in [1.54, 1.807) is 30.5 Å². The third-order valence-electron chi connectivity index (χ3n) is 7.01. The number of benzene rings is 2. The SMILES string of the molecule is O=C(C[C@H](Cc1cc(F)cc(F)c1)c1ncncc1-c1ccc(Cl)cc1)Cn1nc(C(F)(F)F)c2c1CCCC2. The van der Waals surface area contributed by atoms with Gasteiger partial charge in [-0.15, -0.1) is 0 Å². The number of alkyl halides is 3. The van der Waals surface area contributed by atoms with Crippen LogP contribution in [0.4, 0.5) is 22.0 Å². The molecule has 1 aliphatic carbocycles. The largest absolute Gasteiger partial charge is 0.435 e. The average Bonchev–Trinajstić information content (AvgIpc) is 3.27. The molecule has 2 heterocycles. The highest BCUT2D eigenvalue weighted by Gasteiger charge is 2.39. The van der Waals surface area contributed by atoms with Crippen molar-refractivity contribution < 1.29 is 26.7 Å². The molecule has 0 aliphatic heterocycles. The molecule has 40 heavy (non-hydrogen) atoms. The fourth-order valence-electron chi connectivity index (χ4n) is 5.33. The zero-order chi connectivity index (χ0) is 28.4. The number of nitrogens with zero attached hydrogens (tertiary/aromatic N) is 4. The molecule has 0 amide bonds. The number of halogens is 6. The minimum absolute atomic E-state index is 0.0586. The van der Waals surface area contributed by atoms with E-state index in [-0.39, 0.29) is 37.2 Å². The number of rotatable bonds is 8. The van der Waals surface area contributed by atoms with E-state index in [9.17, 15) is 26.7 Å². The molecule has 0 unspecified atom stereocenters. The zero-order valence-corrected chi connectivity index (χ0v) is 21.9. The van der Waals surface area contributed by atoms with Gasteiger partial charge in [-0.2, -0.15) is 18.3 Å². The molecular weight excluding hydrogens is 551 g/mol. The van der Waals surface area contributed by atoms with Gasteiger partial charge in [-0.1, -0.05) is 23.7 Å². The van der Waals surface area contributed by atoms with E-state index in [0.717, 1.165) is 11.6 Å². The number of aromatic nitrogens is 4. The van der Waals surface area contributed by atoms with Crippen molar-refractivity contribution >= 4 is 17.4 Å². The first-order valence-corrected chi connectivity index (χ1v) is 13.1. The lowest BCUT2D eigenvalue weighted by atomic mass is 9.87. The van der Waals surface area contributed by atoms with Gasteiger partial charge in [0.05, 0.1) is 12.2 Å². The van der Waals surface area contributed by atoms with E-state index >= 15 is 0 Å². The highest BCUT2D eigenvalue weighted by Crippen LogP contribution is 2.37. The van der Waals surface area contributed by atoms with Crippen molar-refractivity contribution in [2.24, 2.45) is 0 Å². The first-order valence-electron chi connectivity index (χ1n) is 12.8. The van der Waals surface area contributed by atoms with E-state index in [2.05, 4.69) is 15.1 Å². The second-order valence-electron chi connectivity index (χ2n) is 9.89. The van der Waals surface area contributed by atoms with Crippen LogP contribution in [0.25, 0.3) is 11.1 Å². The van der Waals surface area contributed by atoms with E-state index in [0.29, 0.717) is 46.8 Å². The Hall–Kier alpha value is -3.66. The van der Waals surface area contributed by atoms with E-state index in [1.807, 2.05) is 0 Å². The second kappa shape index (κ2) is 11.4. The Labute approximate surface area is 232 Å². The maximum absolute atomic E-state index is 14.0. The molecular formula is C29H24ClF5N4O. The molecule has 5 nitrogen and oxygen atoms in total. The fourth-order valence-corrected chi connectivity index (χ4v) is 5.46. The summed E-state index contributed by atoms with van der Waals surface area (Å²) in [5, 5.41) is 4.32. The maximum Gasteiger partial charge on any atom is 0.435 e. The summed E-state index contributed by atoms with van der Waals surface area (Å²) in [7, 11) is 0. The third kappa shape index (κ3) is 6.22. The van der Waals surface area contributed by atoms with Gasteiger partial charge in [0.1, 0.15) is 18.0 Å². The molecule has 0 bridgehead atoms. The Morgan fingerprint density at radius 1 is 1.02 bits per heavy atom. The van der Waals surface area contributed by atoms with E-state index in [4.69, 9.17) is 11.6 Å². The molecule has 5 rings (SSSR count). The number of carbonyl (C=O) groups is 1. The van der Waals surface area contributed by atoms with Crippen molar-refractivity contribution in [3.63, 3.8) is 0 Å². The van der Waals surface area contributed by atoms with Crippen LogP contribution >= 0.6 is 11.6 Å². The molecule has 0 spiro atoms. The lowest BCUT2D eigenvalue weighted by Crippen LogP contribution is -2.20. The minimum atomic E-state index is -4.62. The third-order valence-corrected chi connectivity index (χ3v) is 7.27. The van der Waals surface area contributed by atoms with Crippen molar-refractivity contribution in [2.75, 3.05) is 0 Å². The van der Waals surface area contributed by atoms with Gasteiger partial charge < -0.3 is 0 Å². The van der Waals surface area contributed by atoms with Crippen molar-refractivity contribution in [1.29, 1.82) is 0 Å². The van der Waals surface area contributed by atoms with Gasteiger partial charge in [0, 0.05) is 46.4 Å². The summed E-state index contributed by atoms with van der Waals surface area (Å²) in [4.78, 5) is 21.9. The van der Waals surface area contributed by atoms with Crippen molar-refractivity contribution in [2.45, 2.75) is 57.2 Å². The summed E-state index contributed by atoms with van der Waals surface area (Å²) in [6.07, 6.45) is 0.198. The molecule has 2 aromatic heterocycles. The van der Waals surface area contributed by atoms with Crippen molar-refractivity contribution in [1.82, 2.24) is 19.7 Å². The number of fused-ring (bicyclic) bond motifs is 1. The molecule has 1 atom stereocenters. The number of hydrogen-bond donors (Lipinski definition) is 0. The highest BCUT2D eigenvalue weighted by molar-refractivity contribution is 6.30. The van der Waals surface area contributed by atoms with Crippen LogP contribution in [0.3, 0.4) is 0 Å². The first-order chi connectivity index (χ1) is 19.1. The summed E-state index contributed by atoms with van der Waals surface area (Å²) < 4.78 is 70.2. The Morgan fingerprint density at radius 3 is 2.42 bits per heavy atom. The molecule has 0 saturated carbocycles. The normalized spacial score (nSPS) is 14.2. The van der Waals surface area contributed by atoms with E-state index in [1.165, 1.54) is 23.1 Å². The van der Waals surface area contributed by atoms with Crippen molar-refractivity contribution in [3.8, 4) is 11.1 Å². The molecule has 0 saturated heterocycles. The first kappa shape index (κ1) is 27.9. The molecule has 0 radical (unpaired) electrons. The van der Waals surface area contributed by atoms with Crippen LogP contribution in [-0.4, -0.2) is 25.5 Å². The van der Waals surface area contributed by atoms with Crippen LogP contribution in [0, 0.1) is 11.6 Å². The smallest absolute Gasteiger partial charge is 0.298 e. The van der Waals surface area contributed by atoms with Gasteiger partial charge >= 0.3 is 6.18 Å². The molecule has 11 heteroatoms. The van der Waals surface area contributed by atoms with Gasteiger partial charge in [-0.05, 0) is 67.5 Å². The lowest BCUT2D eigenvalue weighted by Gasteiger charge is -2.20. The number of carbonyl (C=O) groups excluding carboxylic acids is 1. The fraction of sp³-hybridized carbons (Fsp3) is 0.310. The summed E-state index contributed by atoms with van der Waals surface area (Å²) >= 11 is 6.04. The standard InChI is InChI=1S/C29H24ClF5N4O/c30-20-7-5-18(6-8-20)25-14-36-16-37-27(25)19(9-17-10-21(31)13-22(32)11-17)12-23(40)15-39-26-4-2-1-3-24(26)28(38-39)29(33,34)35/h5-8,10-11,13-14,16,19H,1-4,9,12,15H2/t19-/m0/s1. The molecule has 2 aromatic carbocycles. The molecule has 0 fully saturated rings.